The van der Waals surface area contributed by atoms with Crippen LogP contribution in [0.3, 0.4) is 0 Å². The van der Waals surface area contributed by atoms with Crippen molar-refractivity contribution < 1.29 is 8.78 Å². The van der Waals surface area contributed by atoms with Gasteiger partial charge in [-0.3, -0.25) is 0 Å². The van der Waals surface area contributed by atoms with Crippen molar-refractivity contribution >= 4 is 11.6 Å². The average molecular weight is 244 g/mol. The third-order valence-corrected chi connectivity index (χ3v) is 2.48. The highest BCUT2D eigenvalue weighted by Gasteiger charge is 2.16. The van der Waals surface area contributed by atoms with Crippen LogP contribution >= 0.6 is 11.6 Å². The van der Waals surface area contributed by atoms with E-state index in [0.717, 1.165) is 12.1 Å². The second-order valence-electron chi connectivity index (χ2n) is 3.31. The number of terminal acetylenes is 1. The monoisotopic (exact) mass is 243 g/mol. The molecule has 1 nitrogen and oxygen atoms in total. The first-order chi connectivity index (χ1) is 7.60. The Kier molecular flexibility index (Phi) is 4.72. The maximum absolute atomic E-state index is 13.6. The van der Waals surface area contributed by atoms with Crippen LogP contribution < -0.4 is 5.32 Å². The minimum absolute atomic E-state index is 0.210. The zero-order chi connectivity index (χ0) is 12.1. The lowest BCUT2D eigenvalue weighted by Crippen LogP contribution is -2.21. The number of hydrogen-bond acceptors (Lipinski definition) is 1. The average Bonchev–Trinajstić information content (AvgIpc) is 2.23. The molecular formula is C12H12ClF2N. The molecule has 0 amide bonds. The lowest BCUT2D eigenvalue weighted by Gasteiger charge is -2.16. The molecule has 1 aromatic rings. The van der Waals surface area contributed by atoms with Crippen LogP contribution in [0.5, 0.6) is 0 Å². The quantitative estimate of drug-likeness (QED) is 0.632. The summed E-state index contributed by atoms with van der Waals surface area (Å²) in [6.45, 7) is 2.49. The van der Waals surface area contributed by atoms with Crippen molar-refractivity contribution in [2.45, 2.75) is 19.4 Å². The van der Waals surface area contributed by atoms with Crippen LogP contribution in [-0.4, -0.2) is 6.54 Å². The summed E-state index contributed by atoms with van der Waals surface area (Å²) in [5, 5.41) is 2.77. The number of hydrogen-bond donors (Lipinski definition) is 1. The molecule has 1 rings (SSSR count). The van der Waals surface area contributed by atoms with Crippen molar-refractivity contribution in [1.82, 2.24) is 5.32 Å². The van der Waals surface area contributed by atoms with E-state index >= 15 is 0 Å². The van der Waals surface area contributed by atoms with Gasteiger partial charge in [-0.05, 0) is 18.7 Å². The third kappa shape index (κ3) is 2.94. The van der Waals surface area contributed by atoms with E-state index in [9.17, 15) is 8.78 Å². The molecule has 4 heteroatoms. The normalized spacial score (nSPS) is 12.2. The molecule has 0 radical (unpaired) electrons. The Morgan fingerprint density at radius 2 is 2.12 bits per heavy atom. The summed E-state index contributed by atoms with van der Waals surface area (Å²) in [4.78, 5) is 0. The van der Waals surface area contributed by atoms with Crippen LogP contribution in [0, 0.1) is 24.0 Å². The van der Waals surface area contributed by atoms with Crippen LogP contribution in [-0.2, 0) is 0 Å². The minimum Gasteiger partial charge on any atom is -0.309 e. The number of halogens is 3. The second kappa shape index (κ2) is 5.83. The molecule has 1 aromatic carbocycles. The van der Waals surface area contributed by atoms with Gasteiger partial charge in [-0.2, -0.15) is 0 Å². The Hall–Kier alpha value is -1.11. The highest BCUT2D eigenvalue weighted by molar-refractivity contribution is 6.30. The molecule has 1 atom stereocenters. The summed E-state index contributed by atoms with van der Waals surface area (Å²) in [5.74, 6) is 1.24. The lowest BCUT2D eigenvalue weighted by atomic mass is 10.0. The molecule has 86 valence electrons. The molecule has 1 N–H and O–H groups in total. The maximum Gasteiger partial charge on any atom is 0.142 e. The van der Waals surface area contributed by atoms with Crippen LogP contribution in [0.4, 0.5) is 8.78 Å². The van der Waals surface area contributed by atoms with Crippen molar-refractivity contribution in [3.8, 4) is 12.3 Å². The van der Waals surface area contributed by atoms with Gasteiger partial charge in [-0.25, -0.2) is 8.78 Å². The van der Waals surface area contributed by atoms with Crippen LogP contribution in [0.15, 0.2) is 12.1 Å². The standard InChI is InChI=1S/C12H12ClF2N/c1-3-5-12(16-4-2)8-6-11(15)9(13)7-10(8)14/h1,6-7,12,16H,4-5H2,2H3. The molecule has 1 unspecified atom stereocenters. The molecule has 0 fully saturated rings. The summed E-state index contributed by atoms with van der Waals surface area (Å²) in [6, 6.07) is 1.66. The van der Waals surface area contributed by atoms with Crippen molar-refractivity contribution in [2.75, 3.05) is 6.54 Å². The highest BCUT2D eigenvalue weighted by Crippen LogP contribution is 2.25. The predicted octanol–water partition coefficient (Wildman–Crippen LogP) is 3.29. The van der Waals surface area contributed by atoms with E-state index < -0.39 is 11.6 Å². The summed E-state index contributed by atoms with van der Waals surface area (Å²) < 4.78 is 26.8. The largest absolute Gasteiger partial charge is 0.309 e. The van der Waals surface area contributed by atoms with Gasteiger partial charge in [0.2, 0.25) is 0 Å². The number of rotatable bonds is 4. The Balaban J connectivity index is 3.09. The Morgan fingerprint density at radius 3 is 2.69 bits per heavy atom. The van der Waals surface area contributed by atoms with E-state index in [1.54, 1.807) is 0 Å². The smallest absolute Gasteiger partial charge is 0.142 e. The van der Waals surface area contributed by atoms with Gasteiger partial charge in [0, 0.05) is 18.0 Å². The van der Waals surface area contributed by atoms with E-state index in [1.807, 2.05) is 6.92 Å². The first kappa shape index (κ1) is 13.0. The van der Waals surface area contributed by atoms with E-state index in [4.69, 9.17) is 18.0 Å². The zero-order valence-electron chi connectivity index (χ0n) is 8.86. The summed E-state index contributed by atoms with van der Waals surface area (Å²) in [6.07, 6.45) is 5.48. The molecule has 0 aliphatic carbocycles. The van der Waals surface area contributed by atoms with Gasteiger partial charge in [0.25, 0.3) is 0 Å². The maximum atomic E-state index is 13.6. The molecule has 0 heterocycles. The van der Waals surface area contributed by atoms with Crippen molar-refractivity contribution in [1.29, 1.82) is 0 Å². The van der Waals surface area contributed by atoms with Gasteiger partial charge in [0.1, 0.15) is 11.6 Å². The van der Waals surface area contributed by atoms with E-state index in [-0.39, 0.29) is 16.6 Å². The Labute approximate surface area is 98.8 Å². The summed E-state index contributed by atoms with van der Waals surface area (Å²) >= 11 is 5.47. The molecule has 0 bridgehead atoms. The second-order valence-corrected chi connectivity index (χ2v) is 3.71. The third-order valence-electron chi connectivity index (χ3n) is 2.19. The lowest BCUT2D eigenvalue weighted by molar-refractivity contribution is 0.511. The topological polar surface area (TPSA) is 12.0 Å². The van der Waals surface area contributed by atoms with E-state index in [2.05, 4.69) is 11.2 Å². The Bertz CT molecular complexity index is 412. The van der Waals surface area contributed by atoms with Gasteiger partial charge in [-0.15, -0.1) is 12.3 Å². The van der Waals surface area contributed by atoms with Crippen molar-refractivity contribution in [3.63, 3.8) is 0 Å². The molecular weight excluding hydrogens is 232 g/mol. The molecule has 0 aromatic heterocycles. The molecule has 16 heavy (non-hydrogen) atoms. The zero-order valence-corrected chi connectivity index (χ0v) is 9.61. The number of benzene rings is 1. The van der Waals surface area contributed by atoms with Crippen LogP contribution in [0.25, 0.3) is 0 Å². The SMILES string of the molecule is C#CCC(NCC)c1cc(F)c(Cl)cc1F. The van der Waals surface area contributed by atoms with Gasteiger partial charge in [-0.1, -0.05) is 18.5 Å². The van der Waals surface area contributed by atoms with Gasteiger partial charge in [0.05, 0.1) is 5.02 Å². The first-order valence-corrected chi connectivity index (χ1v) is 5.29. The Morgan fingerprint density at radius 1 is 1.44 bits per heavy atom. The molecule has 0 saturated heterocycles. The predicted molar refractivity (Wildman–Crippen MR) is 61.2 cm³/mol. The fourth-order valence-electron chi connectivity index (χ4n) is 1.46. The summed E-state index contributed by atoms with van der Waals surface area (Å²) in [7, 11) is 0. The van der Waals surface area contributed by atoms with Gasteiger partial charge in [0.15, 0.2) is 0 Å². The van der Waals surface area contributed by atoms with Gasteiger partial charge < -0.3 is 5.32 Å². The van der Waals surface area contributed by atoms with Crippen LogP contribution in [0.2, 0.25) is 5.02 Å². The fourth-order valence-corrected chi connectivity index (χ4v) is 1.61. The first-order valence-electron chi connectivity index (χ1n) is 4.91. The van der Waals surface area contributed by atoms with E-state index in [0.29, 0.717) is 13.0 Å². The van der Waals surface area contributed by atoms with Crippen molar-refractivity contribution in [3.05, 3.63) is 34.4 Å². The number of nitrogens with one attached hydrogen (secondary N) is 1. The van der Waals surface area contributed by atoms with E-state index in [1.165, 1.54) is 0 Å². The molecule has 0 saturated carbocycles. The van der Waals surface area contributed by atoms with Crippen molar-refractivity contribution in [2.24, 2.45) is 0 Å². The molecule has 0 aliphatic heterocycles. The molecule has 0 aliphatic rings. The summed E-state index contributed by atoms with van der Waals surface area (Å²) in [5.41, 5.74) is 0.210. The van der Waals surface area contributed by atoms with Crippen LogP contribution in [0.1, 0.15) is 24.9 Å². The van der Waals surface area contributed by atoms with Gasteiger partial charge >= 0.3 is 0 Å². The highest BCUT2D eigenvalue weighted by atomic mass is 35.5. The minimum atomic E-state index is -0.641. The molecule has 0 spiro atoms. The fraction of sp³-hybridized carbons (Fsp3) is 0.333.